The Hall–Kier alpha value is -1.42. The zero-order valence-corrected chi connectivity index (χ0v) is 9.54. The Morgan fingerprint density at radius 2 is 1.00 bits per heavy atom. The molecule has 22 heavy (non-hydrogen) atoms. The summed E-state index contributed by atoms with van der Waals surface area (Å²) in [5.41, 5.74) is 0. The van der Waals surface area contributed by atoms with E-state index >= 15 is 0 Å². The second-order valence-electron chi connectivity index (χ2n) is 3.08. The van der Waals surface area contributed by atoms with Gasteiger partial charge in [-0.3, -0.25) is 0 Å². The van der Waals surface area contributed by atoms with Crippen LogP contribution >= 0.6 is 0 Å². The highest BCUT2D eigenvalue weighted by atomic mass is 19.4. The molecule has 0 fully saturated rings. The molecule has 134 valence electrons. The number of hydrogen-bond donors (Lipinski definition) is 2. The first-order chi connectivity index (χ1) is 8.86. The van der Waals surface area contributed by atoms with Crippen molar-refractivity contribution in [1.29, 1.82) is 0 Å². The van der Waals surface area contributed by atoms with Crippen molar-refractivity contribution in [3.8, 4) is 0 Å². The van der Waals surface area contributed by atoms with E-state index in [9.17, 15) is 53.1 Å². The highest BCUT2D eigenvalue weighted by molar-refractivity contribution is 5.76. The third-order valence-corrected chi connectivity index (χ3v) is 1.47. The zero-order valence-electron chi connectivity index (χ0n) is 9.54. The van der Waals surface area contributed by atoms with Crippen LogP contribution in [0, 0.1) is 0 Å². The van der Waals surface area contributed by atoms with Crippen LogP contribution < -0.4 is 6.15 Å². The van der Waals surface area contributed by atoms with Gasteiger partial charge >= 0.3 is 36.6 Å². The number of aliphatic carboxylic acids is 1. The topological polar surface area (TPSA) is 90.8 Å². The smallest absolute Gasteiger partial charge is 0.477 e. The Balaban J connectivity index is 0. The van der Waals surface area contributed by atoms with Crippen LogP contribution in [0.5, 0.6) is 0 Å². The maximum absolute atomic E-state index is 12.4. The second-order valence-corrected chi connectivity index (χ2v) is 3.08. The van der Waals surface area contributed by atoms with Gasteiger partial charge in [-0.25, -0.2) is 14.3 Å². The molecular weight excluding hydrogens is 359 g/mol. The number of rotatable bonds is 6. The molecule has 0 aromatic heterocycles. The van der Waals surface area contributed by atoms with E-state index in [1.807, 2.05) is 0 Å². The van der Waals surface area contributed by atoms with Crippen molar-refractivity contribution in [1.82, 2.24) is 6.15 Å². The van der Waals surface area contributed by atoms with Crippen LogP contribution in [0.15, 0.2) is 0 Å². The summed E-state index contributed by atoms with van der Waals surface area (Å²) in [5.74, 6) is -10.2. The van der Waals surface area contributed by atoms with Gasteiger partial charge in [-0.1, -0.05) is 0 Å². The van der Waals surface area contributed by atoms with Crippen LogP contribution in [0.4, 0.5) is 48.3 Å². The lowest BCUT2D eigenvalue weighted by molar-refractivity contribution is -0.538. The van der Waals surface area contributed by atoms with Gasteiger partial charge in [0.05, 0.1) is 0 Å². The summed E-state index contributed by atoms with van der Waals surface area (Å²) in [4.78, 5) is 9.68. The minimum Gasteiger partial charge on any atom is -0.477 e. The summed E-state index contributed by atoms with van der Waals surface area (Å²) in [6.07, 6.45) is -27.0. The lowest BCUT2D eigenvalue weighted by atomic mass is 10.3. The summed E-state index contributed by atoms with van der Waals surface area (Å²) < 4.78 is 136. The van der Waals surface area contributed by atoms with Gasteiger partial charge in [0.25, 0.3) is 0 Å². The van der Waals surface area contributed by atoms with Crippen LogP contribution in [0.25, 0.3) is 0 Å². The number of halogens is 11. The normalized spacial score (nSPS) is 14.5. The molecule has 0 heterocycles. The second kappa shape index (κ2) is 5.99. The largest absolute Gasteiger partial charge is 0.527 e. The molecule has 0 radical (unpaired) electrons. The van der Waals surface area contributed by atoms with Crippen molar-refractivity contribution in [2.45, 2.75) is 30.6 Å². The molecule has 0 rings (SSSR count). The van der Waals surface area contributed by atoms with Gasteiger partial charge in [-0.15, -0.1) is 13.2 Å². The highest BCUT2D eigenvalue weighted by Gasteiger charge is 2.74. The Morgan fingerprint density at radius 1 is 0.682 bits per heavy atom. The van der Waals surface area contributed by atoms with Crippen molar-refractivity contribution in [2.24, 2.45) is 0 Å². The number of ether oxygens (including phenoxy) is 2. The van der Waals surface area contributed by atoms with Crippen LogP contribution in [-0.2, 0) is 14.3 Å². The Morgan fingerprint density at radius 3 is 1.27 bits per heavy atom. The summed E-state index contributed by atoms with van der Waals surface area (Å²) in [5, 5.41) is 7.61. The zero-order chi connectivity index (χ0) is 17.5. The Kier molecular flexibility index (Phi) is 6.23. The molecule has 0 amide bonds. The van der Waals surface area contributed by atoms with Crippen molar-refractivity contribution in [3.63, 3.8) is 0 Å². The number of alkyl halides is 11. The van der Waals surface area contributed by atoms with E-state index in [0.29, 0.717) is 0 Å². The predicted molar refractivity (Wildman–Crippen MR) is 40.7 cm³/mol. The molecule has 0 aliphatic heterocycles. The first-order valence-electron chi connectivity index (χ1n) is 4.07. The van der Waals surface area contributed by atoms with E-state index in [-0.39, 0.29) is 6.15 Å². The van der Waals surface area contributed by atoms with Crippen molar-refractivity contribution in [2.75, 3.05) is 0 Å². The molecule has 0 aliphatic carbocycles. The maximum Gasteiger partial charge on any atom is 0.527 e. The van der Waals surface area contributed by atoms with E-state index in [0.717, 1.165) is 0 Å². The van der Waals surface area contributed by atoms with Gasteiger partial charge in [0, 0.05) is 0 Å². The van der Waals surface area contributed by atoms with E-state index in [4.69, 9.17) is 5.11 Å². The van der Waals surface area contributed by atoms with Crippen LogP contribution in [0.2, 0.25) is 0 Å². The van der Waals surface area contributed by atoms with E-state index in [2.05, 4.69) is 0 Å². The molecule has 0 unspecified atom stereocenters. The highest BCUT2D eigenvalue weighted by Crippen LogP contribution is 2.47. The minimum absolute atomic E-state index is 0. The standard InChI is InChI=1S/C6HF11O4.H3N/c7-2(8,1(18)19)3(9,10)20-4(11,12)5(13,14)21-6(15,16)17;/h(H,18,19);1H3. The maximum atomic E-state index is 12.4. The van der Waals surface area contributed by atoms with Gasteiger partial charge in [0.1, 0.15) is 0 Å². The lowest BCUT2D eigenvalue weighted by Crippen LogP contribution is -2.57. The van der Waals surface area contributed by atoms with Gasteiger partial charge in [0.2, 0.25) is 0 Å². The predicted octanol–water partition coefficient (Wildman–Crippen LogP) is 3.20. The molecule has 0 aromatic carbocycles. The van der Waals surface area contributed by atoms with Crippen molar-refractivity contribution < 1.29 is 67.7 Å². The summed E-state index contributed by atoms with van der Waals surface area (Å²) in [7, 11) is 0. The Bertz CT molecular complexity index is 406. The van der Waals surface area contributed by atoms with Gasteiger partial charge < -0.3 is 11.3 Å². The number of hydrogen-bond acceptors (Lipinski definition) is 4. The molecule has 0 spiro atoms. The van der Waals surface area contributed by atoms with Gasteiger partial charge in [-0.2, -0.15) is 35.1 Å². The van der Waals surface area contributed by atoms with Crippen LogP contribution in [-0.4, -0.2) is 41.7 Å². The van der Waals surface area contributed by atoms with Crippen LogP contribution in [0.3, 0.4) is 0 Å². The molecule has 5 nitrogen and oxygen atoms in total. The number of carboxylic acid groups (broad SMARTS) is 1. The molecule has 0 atom stereocenters. The first kappa shape index (κ1) is 22.9. The van der Waals surface area contributed by atoms with Gasteiger partial charge in [-0.05, 0) is 0 Å². The lowest BCUT2D eigenvalue weighted by Gasteiger charge is -2.30. The fraction of sp³-hybridized carbons (Fsp3) is 0.833. The fourth-order valence-corrected chi connectivity index (χ4v) is 0.614. The van der Waals surface area contributed by atoms with Crippen LogP contribution in [0.1, 0.15) is 0 Å². The SMILES string of the molecule is N.O=C(O)C(F)(F)C(F)(F)OC(F)(F)C(F)(F)OC(F)(F)F. The summed E-state index contributed by atoms with van der Waals surface area (Å²) >= 11 is 0. The summed E-state index contributed by atoms with van der Waals surface area (Å²) in [6, 6.07) is 0. The van der Waals surface area contributed by atoms with Crippen molar-refractivity contribution >= 4 is 5.97 Å². The minimum atomic E-state index is -6.94. The van der Waals surface area contributed by atoms with E-state index < -0.39 is 36.6 Å². The van der Waals surface area contributed by atoms with E-state index in [1.54, 1.807) is 4.74 Å². The molecule has 0 bridgehead atoms. The Labute approximate surface area is 112 Å². The average Bonchev–Trinajstić information content (AvgIpc) is 2.10. The monoisotopic (exact) mass is 363 g/mol. The first-order valence-corrected chi connectivity index (χ1v) is 4.07. The number of carbonyl (C=O) groups is 1. The molecule has 4 N–H and O–H groups in total. The summed E-state index contributed by atoms with van der Waals surface area (Å²) in [6.45, 7) is 0. The fourth-order valence-electron chi connectivity index (χ4n) is 0.614. The molecule has 0 saturated carbocycles. The van der Waals surface area contributed by atoms with E-state index in [1.165, 1.54) is 4.74 Å². The molecule has 0 aromatic rings. The van der Waals surface area contributed by atoms with Gasteiger partial charge in [0.15, 0.2) is 0 Å². The molecular formula is C6H4F11NO4. The van der Waals surface area contributed by atoms with Crippen molar-refractivity contribution in [3.05, 3.63) is 0 Å². The quantitative estimate of drug-likeness (QED) is 0.708. The molecule has 16 heteroatoms. The third kappa shape index (κ3) is 4.80. The molecule has 0 saturated heterocycles. The number of carboxylic acids is 1. The average molecular weight is 363 g/mol. The molecule has 0 aliphatic rings. The third-order valence-electron chi connectivity index (χ3n) is 1.47.